The number of nitrogen functional groups attached to an aromatic ring is 1. The molecule has 1 amide bonds. The Balaban J connectivity index is 1.74. The highest BCUT2D eigenvalue weighted by molar-refractivity contribution is 7.16. The Kier molecular flexibility index (Phi) is 3.25. The van der Waals surface area contributed by atoms with Gasteiger partial charge in [0, 0.05) is 11.4 Å². The molecule has 0 aliphatic heterocycles. The maximum Gasteiger partial charge on any atom is 0.254 e. The molecule has 0 saturated carbocycles. The fourth-order valence-electron chi connectivity index (χ4n) is 2.54. The highest BCUT2D eigenvalue weighted by Crippen LogP contribution is 2.37. The molecule has 1 heterocycles. The van der Waals surface area contributed by atoms with Crippen molar-refractivity contribution in [1.29, 1.82) is 0 Å². The summed E-state index contributed by atoms with van der Waals surface area (Å²) in [4.78, 5) is 13.6. The van der Waals surface area contributed by atoms with Gasteiger partial charge in [0.2, 0.25) is 0 Å². The van der Waals surface area contributed by atoms with E-state index in [2.05, 4.69) is 5.32 Å². The lowest BCUT2D eigenvalue weighted by Gasteiger charge is -2.06. The predicted molar refractivity (Wildman–Crippen MR) is 78.4 cm³/mol. The van der Waals surface area contributed by atoms with Gasteiger partial charge < -0.3 is 11.1 Å². The van der Waals surface area contributed by atoms with Gasteiger partial charge in [-0.15, -0.1) is 11.3 Å². The molecule has 4 heteroatoms. The monoisotopic (exact) mass is 272 g/mol. The molecule has 3 rings (SSSR count). The third-order valence-electron chi connectivity index (χ3n) is 3.47. The van der Waals surface area contributed by atoms with Crippen LogP contribution in [0.1, 0.15) is 32.8 Å². The molecule has 0 radical (unpaired) electrons. The first-order chi connectivity index (χ1) is 9.25. The summed E-state index contributed by atoms with van der Waals surface area (Å²) in [6.07, 6.45) is 3.19. The minimum atomic E-state index is -0.0410. The lowest BCUT2D eigenvalue weighted by molar-refractivity contribution is 0.0951. The van der Waals surface area contributed by atoms with Crippen LogP contribution < -0.4 is 11.1 Å². The molecule has 2 aromatic rings. The summed E-state index contributed by atoms with van der Waals surface area (Å²) in [5, 5.41) is 3.62. The van der Waals surface area contributed by atoms with E-state index in [1.54, 1.807) is 11.3 Å². The fraction of sp³-hybridized carbons (Fsp3) is 0.267. The van der Waals surface area contributed by atoms with Gasteiger partial charge in [0.25, 0.3) is 5.91 Å². The maximum absolute atomic E-state index is 12.3. The number of anilines is 1. The van der Waals surface area contributed by atoms with Crippen molar-refractivity contribution in [1.82, 2.24) is 5.32 Å². The van der Waals surface area contributed by atoms with E-state index in [-0.39, 0.29) is 5.91 Å². The van der Waals surface area contributed by atoms with Crippen molar-refractivity contribution in [3.63, 3.8) is 0 Å². The van der Waals surface area contributed by atoms with E-state index in [0.29, 0.717) is 17.1 Å². The van der Waals surface area contributed by atoms with E-state index in [1.807, 2.05) is 30.3 Å². The Bertz CT molecular complexity index is 604. The number of thiophene rings is 1. The van der Waals surface area contributed by atoms with Crippen LogP contribution >= 0.6 is 11.3 Å². The number of carbonyl (C=O) groups excluding carboxylic acids is 1. The van der Waals surface area contributed by atoms with Crippen LogP contribution in [-0.2, 0) is 19.4 Å². The van der Waals surface area contributed by atoms with E-state index in [9.17, 15) is 4.79 Å². The molecule has 0 bridgehead atoms. The molecule has 1 aromatic carbocycles. The second-order valence-corrected chi connectivity index (χ2v) is 5.90. The largest absolute Gasteiger partial charge is 0.390 e. The Hall–Kier alpha value is -1.81. The average molecular weight is 272 g/mol. The standard InChI is InChI=1S/C15H16N2OS/c16-14-13(11-7-4-8-12(11)19-14)15(18)17-9-10-5-2-1-3-6-10/h1-3,5-6H,4,7-9,16H2,(H,17,18). The quantitative estimate of drug-likeness (QED) is 0.902. The fourth-order valence-corrected chi connectivity index (χ4v) is 3.70. The van der Waals surface area contributed by atoms with Crippen LogP contribution in [0.4, 0.5) is 5.00 Å². The second kappa shape index (κ2) is 5.05. The van der Waals surface area contributed by atoms with Gasteiger partial charge in [0.1, 0.15) is 0 Å². The first-order valence-corrected chi connectivity index (χ1v) is 7.29. The molecule has 98 valence electrons. The van der Waals surface area contributed by atoms with Crippen LogP contribution in [0.25, 0.3) is 0 Å². The summed E-state index contributed by atoms with van der Waals surface area (Å²) >= 11 is 1.57. The Morgan fingerprint density at radius 2 is 2.05 bits per heavy atom. The van der Waals surface area contributed by atoms with E-state index in [4.69, 9.17) is 5.73 Å². The number of fused-ring (bicyclic) bond motifs is 1. The van der Waals surface area contributed by atoms with Crippen molar-refractivity contribution in [3.8, 4) is 0 Å². The molecule has 0 spiro atoms. The SMILES string of the molecule is Nc1sc2c(c1C(=O)NCc1ccccc1)CCC2. The third kappa shape index (κ3) is 2.36. The number of aryl methyl sites for hydroxylation is 1. The summed E-state index contributed by atoms with van der Waals surface area (Å²) in [5.74, 6) is -0.0410. The zero-order valence-corrected chi connectivity index (χ0v) is 11.4. The number of benzene rings is 1. The van der Waals surface area contributed by atoms with Crippen LogP contribution in [0.15, 0.2) is 30.3 Å². The highest BCUT2D eigenvalue weighted by Gasteiger charge is 2.24. The van der Waals surface area contributed by atoms with Gasteiger partial charge in [0.05, 0.1) is 10.6 Å². The molecule has 1 aliphatic carbocycles. The Morgan fingerprint density at radius 1 is 1.26 bits per heavy atom. The zero-order valence-electron chi connectivity index (χ0n) is 10.6. The van der Waals surface area contributed by atoms with Gasteiger partial charge in [-0.25, -0.2) is 0 Å². The van der Waals surface area contributed by atoms with Gasteiger partial charge in [0.15, 0.2) is 0 Å². The van der Waals surface area contributed by atoms with Gasteiger partial charge >= 0.3 is 0 Å². The molecule has 3 nitrogen and oxygen atoms in total. The lowest BCUT2D eigenvalue weighted by atomic mass is 10.1. The Morgan fingerprint density at radius 3 is 2.84 bits per heavy atom. The first kappa shape index (κ1) is 12.2. The molecular formula is C15H16N2OS. The van der Waals surface area contributed by atoms with Crippen LogP contribution in [-0.4, -0.2) is 5.91 Å². The summed E-state index contributed by atoms with van der Waals surface area (Å²) in [7, 11) is 0. The van der Waals surface area contributed by atoms with Crippen molar-refractivity contribution in [2.24, 2.45) is 0 Å². The number of rotatable bonds is 3. The average Bonchev–Trinajstić information content (AvgIpc) is 2.97. The number of nitrogens with two attached hydrogens (primary N) is 1. The summed E-state index contributed by atoms with van der Waals surface area (Å²) < 4.78 is 0. The molecule has 0 unspecified atom stereocenters. The topological polar surface area (TPSA) is 55.1 Å². The van der Waals surface area contributed by atoms with Gasteiger partial charge in [-0.05, 0) is 30.4 Å². The van der Waals surface area contributed by atoms with Crippen molar-refractivity contribution < 1.29 is 4.79 Å². The van der Waals surface area contributed by atoms with Gasteiger partial charge in [-0.3, -0.25) is 4.79 Å². The third-order valence-corrected chi connectivity index (χ3v) is 4.59. The number of hydrogen-bond acceptors (Lipinski definition) is 3. The molecule has 0 fully saturated rings. The molecule has 0 atom stereocenters. The summed E-state index contributed by atoms with van der Waals surface area (Å²) in [6, 6.07) is 9.91. The number of hydrogen-bond donors (Lipinski definition) is 2. The maximum atomic E-state index is 12.3. The normalized spacial score (nSPS) is 13.3. The van der Waals surface area contributed by atoms with Crippen LogP contribution in [0.5, 0.6) is 0 Å². The summed E-state index contributed by atoms with van der Waals surface area (Å²) in [6.45, 7) is 0.545. The zero-order chi connectivity index (χ0) is 13.2. The predicted octanol–water partition coefficient (Wildman–Crippen LogP) is 2.75. The molecule has 0 saturated heterocycles. The smallest absolute Gasteiger partial charge is 0.254 e. The van der Waals surface area contributed by atoms with Gasteiger partial charge in [-0.1, -0.05) is 30.3 Å². The highest BCUT2D eigenvalue weighted by atomic mass is 32.1. The van der Waals surface area contributed by atoms with Crippen LogP contribution in [0.3, 0.4) is 0 Å². The first-order valence-electron chi connectivity index (χ1n) is 6.48. The number of carbonyl (C=O) groups is 1. The van der Waals surface area contributed by atoms with E-state index in [1.165, 1.54) is 10.4 Å². The molecule has 1 aromatic heterocycles. The minimum Gasteiger partial charge on any atom is -0.390 e. The van der Waals surface area contributed by atoms with Gasteiger partial charge in [-0.2, -0.15) is 0 Å². The number of amides is 1. The van der Waals surface area contributed by atoms with E-state index >= 15 is 0 Å². The molecule has 3 N–H and O–H groups in total. The van der Waals surface area contributed by atoms with Crippen LogP contribution in [0.2, 0.25) is 0 Å². The van der Waals surface area contributed by atoms with E-state index in [0.717, 1.165) is 24.8 Å². The van der Waals surface area contributed by atoms with Crippen LogP contribution in [0, 0.1) is 0 Å². The Labute approximate surface area is 116 Å². The van der Waals surface area contributed by atoms with Crippen molar-refractivity contribution in [3.05, 3.63) is 51.9 Å². The molecular weight excluding hydrogens is 256 g/mol. The second-order valence-electron chi connectivity index (χ2n) is 4.76. The number of nitrogens with one attached hydrogen (secondary N) is 1. The lowest BCUT2D eigenvalue weighted by Crippen LogP contribution is -2.24. The van der Waals surface area contributed by atoms with E-state index < -0.39 is 0 Å². The van der Waals surface area contributed by atoms with Crippen molar-refractivity contribution in [2.45, 2.75) is 25.8 Å². The molecule has 19 heavy (non-hydrogen) atoms. The minimum absolute atomic E-state index is 0.0410. The van der Waals surface area contributed by atoms with Crippen molar-refractivity contribution >= 4 is 22.2 Å². The summed E-state index contributed by atoms with van der Waals surface area (Å²) in [5.41, 5.74) is 8.97. The van der Waals surface area contributed by atoms with Crippen molar-refractivity contribution in [2.75, 3.05) is 5.73 Å². The molecule has 1 aliphatic rings.